The fourth-order valence-electron chi connectivity index (χ4n) is 0. The van der Waals surface area contributed by atoms with Gasteiger partial charge < -0.3 is 0 Å². The van der Waals surface area contributed by atoms with E-state index in [1.165, 1.54) is 0 Å². The molecule has 0 unspecified atom stereocenters. The molecule has 0 aliphatic rings. The zero-order valence-corrected chi connectivity index (χ0v) is 6.91. The van der Waals surface area contributed by atoms with Crippen molar-refractivity contribution in [2.24, 2.45) is 0 Å². The standard InChI is InChI=1S/B.Cr.Ni.H4Si.W/h;;;1H4;. The van der Waals surface area contributed by atoms with Gasteiger partial charge in [-0.15, -0.1) is 0 Å². The van der Waals surface area contributed by atoms with Crippen LogP contribution in [-0.2, 0) is 54.9 Å². The van der Waals surface area contributed by atoms with E-state index >= 15 is 0 Å². The molecule has 0 fully saturated rings. The van der Waals surface area contributed by atoms with Gasteiger partial charge in [0, 0.05) is 63.3 Å². The second kappa shape index (κ2) is 37.6. The second-order valence-electron chi connectivity index (χ2n) is 0. The van der Waals surface area contributed by atoms with Crippen molar-refractivity contribution >= 4 is 19.4 Å². The van der Waals surface area contributed by atoms with E-state index in [9.17, 15) is 0 Å². The minimum absolute atomic E-state index is 0. The van der Waals surface area contributed by atoms with Crippen molar-refractivity contribution in [2.75, 3.05) is 0 Å². The van der Waals surface area contributed by atoms with Crippen LogP contribution in [0.1, 0.15) is 0 Å². The van der Waals surface area contributed by atoms with Gasteiger partial charge in [-0.05, 0) is 11.0 Å². The molecule has 0 aromatic carbocycles. The Balaban J connectivity index is 0. The van der Waals surface area contributed by atoms with E-state index < -0.39 is 0 Å². The molecule has 0 saturated carbocycles. The molecule has 0 rings (SSSR count). The van der Waals surface area contributed by atoms with Crippen molar-refractivity contribution in [1.29, 1.82) is 0 Å². The first-order valence-corrected chi connectivity index (χ1v) is 0. The first-order chi connectivity index (χ1) is 0. The largest absolute Gasteiger partial charge is 0.0149 e. The number of hydrogen-bond acceptors (Lipinski definition) is 0. The number of rotatable bonds is 0. The Morgan fingerprint density at radius 1 is 1.00 bits per heavy atom. The summed E-state index contributed by atoms with van der Waals surface area (Å²) in [4.78, 5) is 0. The molecule has 0 saturated heterocycles. The van der Waals surface area contributed by atoms with Gasteiger partial charge in [-0.3, -0.25) is 0 Å². The minimum atomic E-state index is 0. The third-order valence-corrected chi connectivity index (χ3v) is 0. The summed E-state index contributed by atoms with van der Waals surface area (Å²) >= 11 is 0. The monoisotopic (exact) mass is 337 g/mol. The van der Waals surface area contributed by atoms with E-state index in [4.69, 9.17) is 0 Å². The van der Waals surface area contributed by atoms with Crippen molar-refractivity contribution in [3.05, 3.63) is 0 Å². The van der Waals surface area contributed by atoms with E-state index in [1.807, 2.05) is 0 Å². The summed E-state index contributed by atoms with van der Waals surface area (Å²) in [5, 5.41) is 0. The van der Waals surface area contributed by atoms with Gasteiger partial charge in [0.2, 0.25) is 0 Å². The maximum absolute atomic E-state index is 0. The van der Waals surface area contributed by atoms with Gasteiger partial charge in [-0.25, -0.2) is 0 Å². The van der Waals surface area contributed by atoms with Gasteiger partial charge in [0.25, 0.3) is 0 Å². The summed E-state index contributed by atoms with van der Waals surface area (Å²) in [6.07, 6.45) is 0. The summed E-state index contributed by atoms with van der Waals surface area (Å²) < 4.78 is 0. The third-order valence-electron chi connectivity index (χ3n) is 0. The molecule has 0 aliphatic heterocycles. The van der Waals surface area contributed by atoms with Crippen LogP contribution in [0.2, 0.25) is 0 Å². The van der Waals surface area contributed by atoms with Gasteiger partial charge in [0.15, 0.2) is 0 Å². The summed E-state index contributed by atoms with van der Waals surface area (Å²) in [5.41, 5.74) is 0. The van der Waals surface area contributed by atoms with E-state index in [0.717, 1.165) is 0 Å². The summed E-state index contributed by atoms with van der Waals surface area (Å²) in [5.74, 6) is 0. The van der Waals surface area contributed by atoms with E-state index in [2.05, 4.69) is 0 Å². The Morgan fingerprint density at radius 3 is 1.00 bits per heavy atom. The van der Waals surface area contributed by atoms with Crippen LogP contribution in [0.3, 0.4) is 0 Å². The van der Waals surface area contributed by atoms with Crippen LogP contribution in [-0.4, -0.2) is 19.4 Å². The smallest absolute Gasteiger partial charge is 0 e. The van der Waals surface area contributed by atoms with Crippen LogP contribution >= 0.6 is 0 Å². The summed E-state index contributed by atoms with van der Waals surface area (Å²) in [6, 6.07) is 0. The Morgan fingerprint density at radius 2 is 1.00 bits per heavy atom. The zero-order valence-electron chi connectivity index (χ0n) is 1.71. The molecule has 0 bridgehead atoms. The fourth-order valence-corrected chi connectivity index (χ4v) is 0. The Bertz CT molecular complexity index is 11.6. The Hall–Kier alpha value is 2.00. The molecular weight excluding hydrogens is 333 g/mol. The van der Waals surface area contributed by atoms with Gasteiger partial charge in [-0.1, -0.05) is 0 Å². The van der Waals surface area contributed by atoms with E-state index in [-0.39, 0.29) is 74.3 Å². The maximum Gasteiger partial charge on any atom is 0 e. The van der Waals surface area contributed by atoms with Crippen LogP contribution in [0.25, 0.3) is 0 Å². The first kappa shape index (κ1) is 63.1. The molecule has 5 heavy (non-hydrogen) atoms. The van der Waals surface area contributed by atoms with E-state index in [0.29, 0.717) is 0 Å². The molecule has 0 N–H and O–H groups in total. The quantitative estimate of drug-likeness (QED) is 0.456. The molecule has 0 atom stereocenters. The molecule has 0 aromatic heterocycles. The van der Waals surface area contributed by atoms with Crippen LogP contribution in [0.4, 0.5) is 0 Å². The average Bonchev–Trinajstić information content (AvgIpc) is 0. The average molecular weight is 337 g/mol. The molecule has 0 heterocycles. The third kappa shape index (κ3) is 24.0. The normalized spacial score (nSPS) is 0. The molecule has 5 heteroatoms. The molecule has 0 amide bonds. The van der Waals surface area contributed by atoms with Gasteiger partial charge in [0.1, 0.15) is 0 Å². The molecule has 33 valence electrons. The Kier molecular flexibility index (Phi) is 474. The van der Waals surface area contributed by atoms with Crippen molar-refractivity contribution in [3.8, 4) is 0 Å². The second-order valence-corrected chi connectivity index (χ2v) is 0. The molecular formula is H4BCrNiSiW. The predicted molar refractivity (Wildman–Crippen MR) is 17.1 cm³/mol. The van der Waals surface area contributed by atoms with Crippen LogP contribution in [0.15, 0.2) is 0 Å². The first-order valence-electron chi connectivity index (χ1n) is 0. The van der Waals surface area contributed by atoms with Gasteiger partial charge >= 0.3 is 0 Å². The molecule has 3 radical (unpaired) electrons. The van der Waals surface area contributed by atoms with E-state index in [1.54, 1.807) is 0 Å². The SMILES string of the molecule is [B].[Cr].[Ni].[SiH4].[W]. The van der Waals surface area contributed by atoms with Gasteiger partial charge in [0.05, 0.1) is 0 Å². The number of hydrogen-bond donors (Lipinski definition) is 0. The van der Waals surface area contributed by atoms with Gasteiger partial charge in [-0.2, -0.15) is 0 Å². The molecule has 0 nitrogen and oxygen atoms in total. The minimum Gasteiger partial charge on any atom is -0.0149 e. The van der Waals surface area contributed by atoms with Crippen LogP contribution < -0.4 is 0 Å². The maximum atomic E-state index is 0. The van der Waals surface area contributed by atoms with Crippen molar-refractivity contribution < 1.29 is 54.9 Å². The van der Waals surface area contributed by atoms with Crippen molar-refractivity contribution in [2.45, 2.75) is 0 Å². The molecule has 0 spiro atoms. The predicted octanol–water partition coefficient (Wildman–Crippen LogP) is -1.84. The topological polar surface area (TPSA) is 0 Å². The van der Waals surface area contributed by atoms with Crippen molar-refractivity contribution in [3.63, 3.8) is 0 Å². The van der Waals surface area contributed by atoms with Crippen LogP contribution in [0.5, 0.6) is 0 Å². The zero-order chi connectivity index (χ0) is 0. The van der Waals surface area contributed by atoms with Crippen LogP contribution in [0, 0.1) is 0 Å². The summed E-state index contributed by atoms with van der Waals surface area (Å²) in [7, 11) is 0. The molecule has 0 aromatic rings. The van der Waals surface area contributed by atoms with Crippen molar-refractivity contribution in [1.82, 2.24) is 0 Å². The molecule has 0 aliphatic carbocycles. The summed E-state index contributed by atoms with van der Waals surface area (Å²) in [6.45, 7) is 0. The fraction of sp³-hybridized carbons (Fsp3) is 0. The Labute approximate surface area is 73.8 Å².